The molecule has 4 unspecified atom stereocenters. The van der Waals surface area contributed by atoms with Crippen molar-refractivity contribution in [2.75, 3.05) is 6.61 Å². The minimum absolute atomic E-state index is 0.0297. The normalized spacial score (nSPS) is 13.9. The number of phenols is 1. The van der Waals surface area contributed by atoms with Gasteiger partial charge in [-0.2, -0.15) is 0 Å². The van der Waals surface area contributed by atoms with E-state index < -0.39 is 66.9 Å². The smallest absolute Gasteiger partial charge is 0.328 e. The number of nitrogens with one attached hydrogen (secondary N) is 4. The highest BCUT2D eigenvalue weighted by atomic mass is 16.4. The average molecular weight is 584 g/mol. The molecule has 10 N–H and O–H groups in total. The third kappa shape index (κ3) is 8.78. The van der Waals surface area contributed by atoms with Gasteiger partial charge in [0.1, 0.15) is 23.9 Å². The molecule has 0 aliphatic rings. The summed E-state index contributed by atoms with van der Waals surface area (Å²) in [5.41, 5.74) is 8.02. The van der Waals surface area contributed by atoms with Crippen LogP contribution in [0.3, 0.4) is 0 Å². The number of fused-ring (bicyclic) bond motifs is 1. The monoisotopic (exact) mass is 583 g/mol. The molecule has 3 rings (SSSR count). The van der Waals surface area contributed by atoms with Gasteiger partial charge in [-0.15, -0.1) is 0 Å². The minimum Gasteiger partial charge on any atom is -0.508 e. The lowest BCUT2D eigenvalue weighted by molar-refractivity contribution is -0.143. The first-order valence-electron chi connectivity index (χ1n) is 13.0. The number of carbonyl (C=O) groups is 5. The molecular formula is C28H33N5O9. The van der Waals surface area contributed by atoms with Crippen molar-refractivity contribution in [1.82, 2.24) is 20.9 Å². The number of phenolic OH excluding ortho intramolecular Hbond substituents is 1. The first kappa shape index (κ1) is 31.6. The summed E-state index contributed by atoms with van der Waals surface area (Å²) in [5.74, 6) is -5.24. The van der Waals surface area contributed by atoms with Crippen LogP contribution in [0.4, 0.5) is 0 Å². The number of nitrogens with two attached hydrogens (primary N) is 1. The van der Waals surface area contributed by atoms with E-state index in [4.69, 9.17) is 5.73 Å². The van der Waals surface area contributed by atoms with E-state index in [0.717, 1.165) is 10.9 Å². The van der Waals surface area contributed by atoms with Crippen molar-refractivity contribution in [2.24, 2.45) is 5.73 Å². The fourth-order valence-electron chi connectivity index (χ4n) is 4.25. The highest BCUT2D eigenvalue weighted by Crippen LogP contribution is 2.19. The molecule has 2 aromatic carbocycles. The number of hydrogen-bond donors (Lipinski definition) is 9. The van der Waals surface area contributed by atoms with Crippen LogP contribution in [0.2, 0.25) is 0 Å². The van der Waals surface area contributed by atoms with Gasteiger partial charge in [0.25, 0.3) is 0 Å². The Morgan fingerprint density at radius 2 is 1.43 bits per heavy atom. The van der Waals surface area contributed by atoms with Crippen LogP contribution < -0.4 is 21.7 Å². The largest absolute Gasteiger partial charge is 0.508 e. The number of para-hydroxylation sites is 1. The van der Waals surface area contributed by atoms with Crippen molar-refractivity contribution in [1.29, 1.82) is 0 Å². The number of aliphatic hydroxyl groups is 1. The zero-order valence-electron chi connectivity index (χ0n) is 22.4. The van der Waals surface area contributed by atoms with Crippen LogP contribution in [0.15, 0.2) is 54.7 Å². The van der Waals surface area contributed by atoms with Crippen molar-refractivity contribution in [3.8, 4) is 5.75 Å². The van der Waals surface area contributed by atoms with Crippen molar-refractivity contribution in [2.45, 2.75) is 49.9 Å². The van der Waals surface area contributed by atoms with E-state index in [0.29, 0.717) is 11.1 Å². The van der Waals surface area contributed by atoms with E-state index in [1.54, 1.807) is 42.6 Å². The molecule has 0 fully saturated rings. The molecule has 1 aromatic heterocycles. The van der Waals surface area contributed by atoms with Gasteiger partial charge in [-0.1, -0.05) is 30.3 Å². The van der Waals surface area contributed by atoms with Crippen molar-refractivity contribution in [3.63, 3.8) is 0 Å². The first-order valence-corrected chi connectivity index (χ1v) is 13.0. The molecule has 0 aliphatic heterocycles. The Balaban J connectivity index is 1.81. The van der Waals surface area contributed by atoms with Crippen molar-refractivity contribution < 1.29 is 44.4 Å². The number of aliphatic carboxylic acids is 2. The van der Waals surface area contributed by atoms with Crippen LogP contribution in [0.25, 0.3) is 10.9 Å². The second kappa shape index (κ2) is 14.6. The van der Waals surface area contributed by atoms with Crippen molar-refractivity contribution in [3.05, 3.63) is 65.9 Å². The van der Waals surface area contributed by atoms with Crippen LogP contribution >= 0.6 is 0 Å². The summed E-state index contributed by atoms with van der Waals surface area (Å²) in [4.78, 5) is 65.1. The van der Waals surface area contributed by atoms with Gasteiger partial charge in [0.05, 0.1) is 12.6 Å². The Kier molecular flexibility index (Phi) is 11.0. The summed E-state index contributed by atoms with van der Waals surface area (Å²) in [6.07, 6.45) is 0.775. The molecule has 0 saturated carbocycles. The van der Waals surface area contributed by atoms with Gasteiger partial charge in [0.15, 0.2) is 0 Å². The molecule has 0 spiro atoms. The molecule has 0 saturated heterocycles. The highest BCUT2D eigenvalue weighted by molar-refractivity contribution is 5.95. The van der Waals surface area contributed by atoms with Gasteiger partial charge in [0.2, 0.25) is 17.7 Å². The third-order valence-electron chi connectivity index (χ3n) is 6.54. The predicted octanol–water partition coefficient (Wildman–Crippen LogP) is -0.618. The Morgan fingerprint density at radius 3 is 2.07 bits per heavy atom. The summed E-state index contributed by atoms with van der Waals surface area (Å²) in [7, 11) is 0. The summed E-state index contributed by atoms with van der Waals surface area (Å²) in [5, 5.41) is 45.1. The van der Waals surface area contributed by atoms with E-state index in [1.807, 2.05) is 0 Å². The number of aromatic amines is 1. The molecule has 14 nitrogen and oxygen atoms in total. The number of hydrogen-bond acceptors (Lipinski definition) is 8. The summed E-state index contributed by atoms with van der Waals surface area (Å²) in [6, 6.07) is 7.64. The number of H-pyrrole nitrogens is 1. The van der Waals surface area contributed by atoms with Crippen LogP contribution in [0, 0.1) is 0 Å². The first-order chi connectivity index (χ1) is 20.0. The molecule has 0 bridgehead atoms. The SMILES string of the molecule is NC(Cc1ccc(O)cc1)C(=O)NC(CCC(=O)O)C(=O)NC(Cc1c[nH]c2ccccc12)C(=O)NC(CO)C(=O)O. The van der Waals surface area contributed by atoms with Gasteiger partial charge in [-0.25, -0.2) is 4.79 Å². The molecule has 3 aromatic rings. The topological polar surface area (TPSA) is 244 Å². The Hall–Kier alpha value is -4.95. The number of amides is 3. The maximum Gasteiger partial charge on any atom is 0.328 e. The molecule has 42 heavy (non-hydrogen) atoms. The molecule has 0 radical (unpaired) electrons. The minimum atomic E-state index is -1.64. The summed E-state index contributed by atoms with van der Waals surface area (Å²) in [6.45, 7) is -0.898. The quantitative estimate of drug-likeness (QED) is 0.110. The van der Waals surface area contributed by atoms with E-state index in [-0.39, 0.29) is 25.0 Å². The van der Waals surface area contributed by atoms with Crippen LogP contribution in [-0.4, -0.2) is 85.8 Å². The van der Waals surface area contributed by atoms with Crippen LogP contribution in [0.1, 0.15) is 24.0 Å². The number of carboxylic acids is 2. The molecule has 3 amide bonds. The molecular weight excluding hydrogens is 550 g/mol. The number of benzene rings is 2. The Morgan fingerprint density at radius 1 is 0.810 bits per heavy atom. The fourth-order valence-corrected chi connectivity index (χ4v) is 4.25. The summed E-state index contributed by atoms with van der Waals surface area (Å²) < 4.78 is 0. The average Bonchev–Trinajstić information content (AvgIpc) is 3.36. The maximum atomic E-state index is 13.4. The molecule has 0 aliphatic carbocycles. The zero-order chi connectivity index (χ0) is 30.8. The van der Waals surface area contributed by atoms with E-state index in [9.17, 15) is 44.4 Å². The highest BCUT2D eigenvalue weighted by Gasteiger charge is 2.31. The van der Waals surface area contributed by atoms with Gasteiger partial charge in [-0.3, -0.25) is 19.2 Å². The number of carboxylic acid groups (broad SMARTS) is 2. The number of rotatable bonds is 15. The predicted molar refractivity (Wildman–Crippen MR) is 149 cm³/mol. The number of carbonyl (C=O) groups excluding carboxylic acids is 3. The number of aromatic hydroxyl groups is 1. The molecule has 14 heteroatoms. The lowest BCUT2D eigenvalue weighted by atomic mass is 10.0. The zero-order valence-corrected chi connectivity index (χ0v) is 22.4. The number of aliphatic hydroxyl groups excluding tert-OH is 1. The van der Waals surface area contributed by atoms with Gasteiger partial charge >= 0.3 is 11.9 Å². The standard InChI is InChI=1S/C28H33N5O9/c29-19(11-15-5-7-17(35)8-6-15)25(38)31-21(9-10-24(36)37)26(39)32-22(27(40)33-23(14-34)28(41)42)12-16-13-30-20-4-2-1-3-18(16)20/h1-8,13,19,21-23,30,34-35H,9-12,14,29H2,(H,31,38)(H,32,39)(H,33,40)(H,36,37)(H,41,42). The molecule has 224 valence electrons. The van der Waals surface area contributed by atoms with Gasteiger partial charge < -0.3 is 47.1 Å². The van der Waals surface area contributed by atoms with E-state index >= 15 is 0 Å². The Labute approximate surface area is 239 Å². The lowest BCUT2D eigenvalue weighted by Gasteiger charge is -2.25. The Bertz CT molecular complexity index is 1420. The van der Waals surface area contributed by atoms with Crippen LogP contribution in [-0.2, 0) is 36.8 Å². The maximum absolute atomic E-state index is 13.4. The fraction of sp³-hybridized carbons (Fsp3) is 0.321. The summed E-state index contributed by atoms with van der Waals surface area (Å²) >= 11 is 0. The molecule has 1 heterocycles. The second-order valence-corrected chi connectivity index (χ2v) is 9.68. The number of aromatic nitrogens is 1. The van der Waals surface area contributed by atoms with Crippen LogP contribution in [0.5, 0.6) is 5.75 Å². The van der Waals surface area contributed by atoms with E-state index in [2.05, 4.69) is 20.9 Å². The van der Waals surface area contributed by atoms with E-state index in [1.165, 1.54) is 12.1 Å². The van der Waals surface area contributed by atoms with Crippen molar-refractivity contribution >= 4 is 40.6 Å². The lowest BCUT2D eigenvalue weighted by Crippen LogP contribution is -2.58. The van der Waals surface area contributed by atoms with Gasteiger partial charge in [-0.05, 0) is 42.2 Å². The van der Waals surface area contributed by atoms with Gasteiger partial charge in [0, 0.05) is 29.9 Å². The third-order valence-corrected chi connectivity index (χ3v) is 6.54. The second-order valence-electron chi connectivity index (χ2n) is 9.68. The molecule has 4 atom stereocenters.